The highest BCUT2D eigenvalue weighted by Crippen LogP contribution is 2.05. The number of likely N-dealkylation sites (N-methyl/N-ethyl adjacent to an activating group) is 2. The lowest BCUT2D eigenvalue weighted by molar-refractivity contribution is -0.113. The molecule has 0 spiro atoms. The van der Waals surface area contributed by atoms with E-state index in [9.17, 15) is 43.9 Å². The Morgan fingerprint density at radius 3 is 0.727 bits per heavy atom. The molecule has 0 saturated carbocycles. The topological polar surface area (TPSA) is 444 Å². The monoisotopic (exact) mass is 742 g/mol. The van der Waals surface area contributed by atoms with Gasteiger partial charge in [0.15, 0.2) is 0 Å². The molecule has 44 heavy (non-hydrogen) atoms. The number of hydrogen-bond acceptors (Lipinski definition) is 20. The van der Waals surface area contributed by atoms with Gasteiger partial charge in [-0.1, -0.05) is 0 Å². The molecule has 28 heteroatoms. The molecule has 0 aliphatic heterocycles. The van der Waals surface area contributed by atoms with Crippen LogP contribution >= 0.6 is 0 Å². The van der Waals surface area contributed by atoms with Gasteiger partial charge in [0.05, 0.1) is 25.4 Å². The fourth-order valence-electron chi connectivity index (χ4n) is 2.16. The molecule has 0 fully saturated rings. The van der Waals surface area contributed by atoms with Crippen molar-refractivity contribution in [2.45, 2.75) is 48.8 Å². The second kappa shape index (κ2) is 23.5. The average molecular weight is 743 g/mol. The van der Waals surface area contributed by atoms with Crippen molar-refractivity contribution in [3.8, 4) is 0 Å². The Bertz CT molecular complexity index is 1010. The Morgan fingerprint density at radius 2 is 0.614 bits per heavy atom. The zero-order chi connectivity index (χ0) is 36.3. The van der Waals surface area contributed by atoms with Crippen molar-refractivity contribution in [3.05, 3.63) is 0 Å². The minimum Gasteiger partial charge on any atom is -0.394 e. The number of aliphatic hydroxyl groups is 10. The van der Waals surface area contributed by atoms with Crippen LogP contribution in [0.4, 0.5) is 0 Å². The number of aliphatic hydroxyl groups excluding tert-OH is 10. The molecule has 0 aliphatic carbocycles. The predicted octanol–water partition coefficient (Wildman–Crippen LogP) is -9.28. The quantitative estimate of drug-likeness (QED) is 0.0653. The molecule has 0 amide bonds. The highest BCUT2D eigenvalue weighted by molar-refractivity contribution is 8.03. The van der Waals surface area contributed by atoms with Crippen LogP contribution in [-0.2, 0) is 40.5 Å². The Balaban J connectivity index is -0.000000246. The summed E-state index contributed by atoms with van der Waals surface area (Å²) >= 11 is 0. The second-order valence-corrected chi connectivity index (χ2v) is 14.8. The molecule has 16 N–H and O–H groups in total. The summed E-state index contributed by atoms with van der Waals surface area (Å²) in [6.45, 7) is -1.14. The van der Waals surface area contributed by atoms with E-state index >= 15 is 0 Å². The van der Waals surface area contributed by atoms with Crippen molar-refractivity contribution in [1.82, 2.24) is 10.6 Å². The van der Waals surface area contributed by atoms with Gasteiger partial charge in [-0.15, -0.1) is 0 Å². The molecule has 0 rings (SSSR count). The molecule has 0 aromatic carbocycles. The van der Waals surface area contributed by atoms with Crippen LogP contribution in [0.25, 0.3) is 0 Å². The van der Waals surface area contributed by atoms with Crippen LogP contribution in [0, 0.1) is 0 Å². The minimum absolute atomic E-state index is 0.0936. The van der Waals surface area contributed by atoms with Crippen molar-refractivity contribution in [2.24, 2.45) is 0 Å². The van der Waals surface area contributed by atoms with Crippen molar-refractivity contribution < 1.29 is 103 Å². The van der Waals surface area contributed by atoms with E-state index in [2.05, 4.69) is 10.6 Å². The standard InChI is InChI=1S/2C7H17NO5.2CH4O6S2/c2*1-8-2-4(10)6(12)7(13)5(11)3-9;2*2-8(3,4)1-9(5,6)7/h2*4-13H,2-3H2,1H3;2*1H2,(H,2,3,4)(H,5,6,7)/t2*4-,5+,6+,7+;;/m00../s1. The first-order chi connectivity index (χ1) is 19.5. The Kier molecular flexibility index (Phi) is 26.7. The number of hydrogen-bond donors (Lipinski definition) is 16. The summed E-state index contributed by atoms with van der Waals surface area (Å²) in [5.41, 5.74) is 0. The first kappa shape index (κ1) is 50.0. The second-order valence-electron chi connectivity index (χ2n) is 8.28. The Labute approximate surface area is 253 Å². The molecular formula is C16H42N2O22S4. The summed E-state index contributed by atoms with van der Waals surface area (Å²) in [7, 11) is -15.3. The summed E-state index contributed by atoms with van der Waals surface area (Å²) in [6.07, 6.45) is -11.3. The van der Waals surface area contributed by atoms with Crippen LogP contribution in [0.2, 0.25) is 0 Å². The van der Waals surface area contributed by atoms with E-state index in [1.807, 2.05) is 0 Å². The van der Waals surface area contributed by atoms with Crippen LogP contribution in [0.3, 0.4) is 0 Å². The van der Waals surface area contributed by atoms with Crippen molar-refractivity contribution in [2.75, 3.05) is 50.6 Å². The smallest absolute Gasteiger partial charge is 0.281 e. The molecule has 0 saturated heterocycles. The summed E-state index contributed by atoms with van der Waals surface area (Å²) in [4.78, 5) is 0. The van der Waals surface area contributed by atoms with Gasteiger partial charge in [-0.2, -0.15) is 33.7 Å². The van der Waals surface area contributed by atoms with Gasteiger partial charge in [-0.05, 0) is 14.1 Å². The highest BCUT2D eigenvalue weighted by atomic mass is 32.3. The molecule has 272 valence electrons. The van der Waals surface area contributed by atoms with Gasteiger partial charge in [0.1, 0.15) is 36.6 Å². The Morgan fingerprint density at radius 1 is 0.432 bits per heavy atom. The normalized spacial score (nSPS) is 17.8. The summed E-state index contributed by atoms with van der Waals surface area (Å²) in [6, 6.07) is 0. The van der Waals surface area contributed by atoms with E-state index in [4.69, 9.17) is 59.1 Å². The molecule has 0 aromatic heterocycles. The molecule has 0 radical (unpaired) electrons. The van der Waals surface area contributed by atoms with E-state index in [0.717, 1.165) is 0 Å². The maximum absolute atomic E-state index is 9.66. The lowest BCUT2D eigenvalue weighted by atomic mass is 10.0. The van der Waals surface area contributed by atoms with Crippen molar-refractivity contribution in [3.63, 3.8) is 0 Å². The van der Waals surface area contributed by atoms with Crippen molar-refractivity contribution >= 4 is 40.5 Å². The van der Waals surface area contributed by atoms with Crippen LogP contribution in [0.15, 0.2) is 0 Å². The number of rotatable bonds is 16. The maximum atomic E-state index is 9.66. The third-order valence-corrected chi connectivity index (χ3v) is 8.84. The van der Waals surface area contributed by atoms with Crippen LogP contribution in [-0.4, -0.2) is 202 Å². The fourth-order valence-corrected chi connectivity index (χ4v) is 5.17. The Hall–Kier alpha value is -0.840. The van der Waals surface area contributed by atoms with Crippen molar-refractivity contribution in [1.29, 1.82) is 0 Å². The van der Waals surface area contributed by atoms with Crippen LogP contribution in [0.1, 0.15) is 0 Å². The van der Waals surface area contributed by atoms with Gasteiger partial charge in [0.25, 0.3) is 40.5 Å². The van der Waals surface area contributed by atoms with Gasteiger partial charge in [-0.25, -0.2) is 0 Å². The third kappa shape index (κ3) is 32.6. The van der Waals surface area contributed by atoms with Crippen LogP contribution in [0.5, 0.6) is 0 Å². The first-order valence-electron chi connectivity index (χ1n) is 11.3. The van der Waals surface area contributed by atoms with Gasteiger partial charge in [0.2, 0.25) is 10.2 Å². The van der Waals surface area contributed by atoms with E-state index in [0.29, 0.717) is 0 Å². The van der Waals surface area contributed by atoms with Gasteiger partial charge >= 0.3 is 0 Å². The van der Waals surface area contributed by atoms with E-state index in [1.54, 1.807) is 14.1 Å². The van der Waals surface area contributed by atoms with Crippen LogP contribution < -0.4 is 10.6 Å². The molecule has 0 heterocycles. The highest BCUT2D eigenvalue weighted by Gasteiger charge is 2.30. The average Bonchev–Trinajstić information content (AvgIpc) is 2.82. The molecule has 24 nitrogen and oxygen atoms in total. The minimum atomic E-state index is -4.62. The molecule has 0 aliphatic rings. The zero-order valence-corrected chi connectivity index (χ0v) is 26.3. The molecular weight excluding hydrogens is 700 g/mol. The number of nitrogens with one attached hydrogen (secondary N) is 2. The van der Waals surface area contributed by atoms with E-state index in [-0.39, 0.29) is 13.1 Å². The summed E-state index contributed by atoms with van der Waals surface area (Å²) in [5, 5.41) is 91.6. The first-order valence-corrected chi connectivity index (χ1v) is 17.7. The summed E-state index contributed by atoms with van der Waals surface area (Å²) < 4.78 is 108. The summed E-state index contributed by atoms with van der Waals surface area (Å²) in [5.74, 6) is 0. The lowest BCUT2D eigenvalue weighted by Gasteiger charge is -2.25. The molecule has 0 unspecified atom stereocenters. The molecule has 0 bridgehead atoms. The van der Waals surface area contributed by atoms with Gasteiger partial charge in [0, 0.05) is 13.1 Å². The predicted molar refractivity (Wildman–Crippen MR) is 146 cm³/mol. The lowest BCUT2D eigenvalue weighted by Crippen LogP contribution is -2.48. The maximum Gasteiger partial charge on any atom is 0.281 e. The van der Waals surface area contributed by atoms with Gasteiger partial charge in [-0.3, -0.25) is 18.2 Å². The SMILES string of the molecule is CNC[C@H](O)[C@@H](O)[C@H](O)[C@H](O)CO.CNC[C@H](O)[C@@H](O)[C@H](O)[C@H](O)CO.O=S(=O)(O)CS(=O)(=O)O.O=S(=O)(O)CS(=O)(=O)O. The zero-order valence-electron chi connectivity index (χ0n) is 23.0. The van der Waals surface area contributed by atoms with Gasteiger partial charge < -0.3 is 61.7 Å². The molecule has 0 aromatic rings. The van der Waals surface area contributed by atoms with E-state index < -0.39 is 113 Å². The molecule has 8 atom stereocenters. The largest absolute Gasteiger partial charge is 0.394 e. The fraction of sp³-hybridized carbons (Fsp3) is 1.00. The van der Waals surface area contributed by atoms with E-state index in [1.165, 1.54) is 0 Å². The third-order valence-electron chi connectivity index (χ3n) is 4.07.